The number of amides is 1. The van der Waals surface area contributed by atoms with E-state index in [-0.39, 0.29) is 5.75 Å². The first kappa shape index (κ1) is 30.1. The zero-order chi connectivity index (χ0) is 30.3. The highest BCUT2D eigenvalue weighted by molar-refractivity contribution is 9.10. The van der Waals surface area contributed by atoms with Gasteiger partial charge in [-0.05, 0) is 74.0 Å². The van der Waals surface area contributed by atoms with E-state index >= 15 is 0 Å². The van der Waals surface area contributed by atoms with E-state index in [1.807, 2.05) is 62.4 Å². The molecule has 0 saturated carbocycles. The van der Waals surface area contributed by atoms with Crippen molar-refractivity contribution in [2.45, 2.75) is 13.8 Å². The number of rotatable bonds is 10. The van der Waals surface area contributed by atoms with Crippen molar-refractivity contribution >= 4 is 60.9 Å². The van der Waals surface area contributed by atoms with Gasteiger partial charge >= 0.3 is 5.97 Å². The number of hydrogen-bond acceptors (Lipinski definition) is 6. The second-order valence-electron chi connectivity index (χ2n) is 9.23. The van der Waals surface area contributed by atoms with Gasteiger partial charge in [-0.25, -0.2) is 10.2 Å². The summed E-state index contributed by atoms with van der Waals surface area (Å²) in [5, 5.41) is 5.09. The molecule has 0 radical (unpaired) electrons. The van der Waals surface area contributed by atoms with Crippen molar-refractivity contribution in [2.24, 2.45) is 5.10 Å². The topological polar surface area (TPSA) is 102 Å². The van der Waals surface area contributed by atoms with Gasteiger partial charge in [0.2, 0.25) is 0 Å². The van der Waals surface area contributed by atoms with Gasteiger partial charge in [-0.1, -0.05) is 62.2 Å². The number of hydrogen-bond donors (Lipinski definition) is 2. The van der Waals surface area contributed by atoms with E-state index in [4.69, 9.17) is 14.2 Å². The summed E-state index contributed by atoms with van der Waals surface area (Å²) in [6.45, 7) is 4.61. The number of carbonyl (C=O) groups is 2. The molecule has 4 aromatic carbocycles. The van der Waals surface area contributed by atoms with Crippen LogP contribution in [0.1, 0.15) is 40.3 Å². The largest absolute Gasteiger partial charge is 0.490 e. The maximum absolute atomic E-state index is 13.4. The molecule has 1 aromatic heterocycles. The molecule has 1 heterocycles. The Labute approximate surface area is 265 Å². The van der Waals surface area contributed by atoms with Crippen molar-refractivity contribution < 1.29 is 23.8 Å². The van der Waals surface area contributed by atoms with E-state index in [1.54, 1.807) is 36.4 Å². The molecule has 0 aliphatic rings. The van der Waals surface area contributed by atoms with Crippen LogP contribution in [-0.2, 0) is 0 Å². The number of aromatic nitrogens is 1. The van der Waals surface area contributed by atoms with Crippen LogP contribution < -0.4 is 19.6 Å². The van der Waals surface area contributed by atoms with Crippen LogP contribution in [0.25, 0.3) is 22.0 Å². The SMILES string of the molecule is CCOc1ccc(C(=O)Oc2ccc(Br)cc2C=NNC(=O)c2[nH]c3ccc(Br)cc3c2-c2ccccc2)cc1OCC. The first-order chi connectivity index (χ1) is 20.9. The normalized spacial score (nSPS) is 11.1. The highest BCUT2D eigenvalue weighted by atomic mass is 79.9. The lowest BCUT2D eigenvalue weighted by molar-refractivity contribution is 0.0733. The van der Waals surface area contributed by atoms with E-state index in [0.29, 0.717) is 41.5 Å². The molecule has 0 unspecified atom stereocenters. The molecule has 0 atom stereocenters. The Morgan fingerprint density at radius 1 is 0.837 bits per heavy atom. The number of esters is 1. The van der Waals surface area contributed by atoms with E-state index in [2.05, 4.69) is 47.4 Å². The van der Waals surface area contributed by atoms with Crippen LogP contribution in [0.15, 0.2) is 99.0 Å². The molecule has 0 saturated heterocycles. The van der Waals surface area contributed by atoms with Crippen molar-refractivity contribution in [1.29, 1.82) is 0 Å². The molecule has 0 bridgehead atoms. The van der Waals surface area contributed by atoms with E-state index in [9.17, 15) is 9.59 Å². The van der Waals surface area contributed by atoms with Crippen LogP contribution in [0.3, 0.4) is 0 Å². The molecule has 0 fully saturated rings. The lowest BCUT2D eigenvalue weighted by Gasteiger charge is -2.13. The van der Waals surface area contributed by atoms with Gasteiger partial charge in [0.1, 0.15) is 11.4 Å². The quantitative estimate of drug-likeness (QED) is 0.0662. The number of benzene rings is 4. The number of hydrazone groups is 1. The maximum Gasteiger partial charge on any atom is 0.343 e. The van der Waals surface area contributed by atoms with Gasteiger partial charge in [-0.2, -0.15) is 5.10 Å². The minimum Gasteiger partial charge on any atom is -0.490 e. The lowest BCUT2D eigenvalue weighted by atomic mass is 10.0. The first-order valence-electron chi connectivity index (χ1n) is 13.5. The van der Waals surface area contributed by atoms with Gasteiger partial charge in [-0.15, -0.1) is 0 Å². The molecule has 2 N–H and O–H groups in total. The summed E-state index contributed by atoms with van der Waals surface area (Å²) in [7, 11) is 0. The fourth-order valence-electron chi connectivity index (χ4n) is 4.51. The molecule has 8 nitrogen and oxygen atoms in total. The molecule has 1 amide bonds. The van der Waals surface area contributed by atoms with Crippen LogP contribution in [0.4, 0.5) is 0 Å². The third-order valence-electron chi connectivity index (χ3n) is 6.37. The minimum absolute atomic E-state index is 0.262. The minimum atomic E-state index is -0.582. The summed E-state index contributed by atoms with van der Waals surface area (Å²) >= 11 is 6.97. The third-order valence-corrected chi connectivity index (χ3v) is 7.36. The van der Waals surface area contributed by atoms with Crippen molar-refractivity contribution in [3.8, 4) is 28.4 Å². The zero-order valence-corrected chi connectivity index (χ0v) is 26.5. The van der Waals surface area contributed by atoms with Crippen molar-refractivity contribution in [1.82, 2.24) is 10.4 Å². The maximum atomic E-state index is 13.4. The number of aromatic amines is 1. The standard InChI is InChI=1S/C33H27Br2N3O5/c1-3-41-28-14-10-21(17-29(28)42-4-2)33(40)43-27-15-12-23(34)16-22(27)19-36-38-32(39)31-30(20-8-6-5-7-9-20)25-18-24(35)11-13-26(25)37-31/h5-19,37H,3-4H2,1-2H3,(H,38,39). The molecule has 10 heteroatoms. The Morgan fingerprint density at radius 3 is 2.30 bits per heavy atom. The number of nitrogens with one attached hydrogen (secondary N) is 2. The van der Waals surface area contributed by atoms with Crippen molar-refractivity contribution in [3.63, 3.8) is 0 Å². The van der Waals surface area contributed by atoms with Crippen molar-refractivity contribution in [3.05, 3.63) is 111 Å². The summed E-state index contributed by atoms with van der Waals surface area (Å²) in [5.41, 5.74) is 6.23. The Hall–Kier alpha value is -4.41. The molecule has 5 aromatic rings. The second-order valence-corrected chi connectivity index (χ2v) is 11.1. The smallest absolute Gasteiger partial charge is 0.343 e. The van der Waals surface area contributed by atoms with E-state index < -0.39 is 11.9 Å². The van der Waals surface area contributed by atoms with Gasteiger partial charge in [0.05, 0.1) is 25.0 Å². The summed E-state index contributed by atoms with van der Waals surface area (Å²) < 4.78 is 18.6. The molecular formula is C33H27Br2N3O5. The van der Waals surface area contributed by atoms with E-state index in [0.717, 1.165) is 31.0 Å². The van der Waals surface area contributed by atoms with Crippen molar-refractivity contribution in [2.75, 3.05) is 13.2 Å². The summed E-state index contributed by atoms with van der Waals surface area (Å²) in [6, 6.07) is 25.5. The molecule has 0 spiro atoms. The van der Waals surface area contributed by atoms with Gasteiger partial charge in [0.15, 0.2) is 11.5 Å². The van der Waals surface area contributed by atoms with Crippen LogP contribution in [0, 0.1) is 0 Å². The molecule has 0 aliphatic carbocycles. The number of ether oxygens (including phenoxy) is 3. The molecule has 5 rings (SSSR count). The summed E-state index contributed by atoms with van der Waals surface area (Å²) in [6.07, 6.45) is 1.43. The number of carbonyl (C=O) groups excluding carboxylic acids is 2. The first-order valence-corrected chi connectivity index (χ1v) is 15.1. The average Bonchev–Trinajstić information content (AvgIpc) is 3.38. The summed E-state index contributed by atoms with van der Waals surface area (Å²) in [4.78, 5) is 29.7. The highest BCUT2D eigenvalue weighted by Gasteiger charge is 2.20. The Morgan fingerprint density at radius 2 is 1.53 bits per heavy atom. The van der Waals surface area contributed by atoms with Gasteiger partial charge < -0.3 is 19.2 Å². The van der Waals surface area contributed by atoms with Crippen LogP contribution in [0.2, 0.25) is 0 Å². The van der Waals surface area contributed by atoms with Gasteiger partial charge in [0, 0.05) is 31.0 Å². The predicted molar refractivity (Wildman–Crippen MR) is 174 cm³/mol. The monoisotopic (exact) mass is 703 g/mol. The second kappa shape index (κ2) is 13.7. The third kappa shape index (κ3) is 6.98. The summed E-state index contributed by atoms with van der Waals surface area (Å²) in [5.74, 6) is 0.262. The number of fused-ring (bicyclic) bond motifs is 1. The average molecular weight is 705 g/mol. The Balaban J connectivity index is 1.38. The number of halogens is 2. The molecule has 43 heavy (non-hydrogen) atoms. The zero-order valence-electron chi connectivity index (χ0n) is 23.3. The number of nitrogens with zero attached hydrogens (tertiary/aromatic N) is 1. The van der Waals surface area contributed by atoms with Crippen LogP contribution in [0.5, 0.6) is 17.2 Å². The predicted octanol–water partition coefficient (Wildman–Crippen LogP) is 8.14. The number of H-pyrrole nitrogens is 1. The molecular weight excluding hydrogens is 678 g/mol. The Bertz CT molecular complexity index is 1820. The van der Waals surface area contributed by atoms with Gasteiger partial charge in [-0.3, -0.25) is 4.79 Å². The van der Waals surface area contributed by atoms with Crippen LogP contribution >= 0.6 is 31.9 Å². The Kier molecular flexibility index (Phi) is 9.58. The fourth-order valence-corrected chi connectivity index (χ4v) is 5.25. The molecule has 218 valence electrons. The van der Waals surface area contributed by atoms with E-state index in [1.165, 1.54) is 6.21 Å². The lowest BCUT2D eigenvalue weighted by Crippen LogP contribution is -2.19. The van der Waals surface area contributed by atoms with Gasteiger partial charge in [0.25, 0.3) is 5.91 Å². The molecule has 0 aliphatic heterocycles. The fraction of sp³-hybridized carbons (Fsp3) is 0.121. The highest BCUT2D eigenvalue weighted by Crippen LogP contribution is 2.34. The van der Waals surface area contributed by atoms with Crippen LogP contribution in [-0.4, -0.2) is 36.3 Å².